The highest BCUT2D eigenvalue weighted by Gasteiger charge is 2.03. The Morgan fingerprint density at radius 1 is 1.54 bits per heavy atom. The number of hydrogen-bond acceptors (Lipinski definition) is 2. The van der Waals surface area contributed by atoms with Crippen molar-refractivity contribution >= 4 is 17.5 Å². The molecule has 78 valence electrons. The fourth-order valence-corrected chi connectivity index (χ4v) is 0.707. The minimum absolute atomic E-state index is 0.0124. The van der Waals surface area contributed by atoms with Crippen LogP contribution in [0.1, 0.15) is 6.42 Å². The Morgan fingerprint density at radius 3 is 2.77 bits per heavy atom. The summed E-state index contributed by atoms with van der Waals surface area (Å²) in [7, 11) is 0. The Kier molecular flexibility index (Phi) is 7.93. The smallest absolute Gasteiger partial charge is 0.261 e. The number of halogens is 3. The molecule has 0 aromatic rings. The van der Waals surface area contributed by atoms with Crippen LogP contribution >= 0.6 is 11.6 Å². The molecule has 0 rings (SSSR count). The van der Waals surface area contributed by atoms with Gasteiger partial charge in [0, 0.05) is 18.8 Å². The second kappa shape index (κ2) is 8.19. The Morgan fingerprint density at radius 2 is 2.23 bits per heavy atom. The molecule has 0 unspecified atom stereocenters. The highest BCUT2D eigenvalue weighted by molar-refractivity contribution is 6.18. The zero-order valence-corrected chi connectivity index (χ0v) is 7.82. The normalized spacial score (nSPS) is 10.5. The fraction of sp³-hybridized carbons (Fsp3) is 0.857. The molecule has 0 saturated heterocycles. The molecule has 0 radical (unpaired) electrons. The molecule has 0 spiro atoms. The third-order valence-corrected chi connectivity index (χ3v) is 1.32. The van der Waals surface area contributed by atoms with Crippen molar-refractivity contribution in [3.8, 4) is 0 Å². The van der Waals surface area contributed by atoms with Crippen LogP contribution in [-0.4, -0.2) is 38.0 Å². The van der Waals surface area contributed by atoms with Crippen molar-refractivity contribution in [1.82, 2.24) is 5.32 Å². The molecule has 0 aliphatic heterocycles. The van der Waals surface area contributed by atoms with Gasteiger partial charge in [-0.05, 0) is 0 Å². The molecule has 0 saturated carbocycles. The lowest BCUT2D eigenvalue weighted by atomic mass is 10.4. The Bertz CT molecular complexity index is 146. The van der Waals surface area contributed by atoms with E-state index in [1.807, 2.05) is 0 Å². The second-order valence-corrected chi connectivity index (χ2v) is 2.63. The van der Waals surface area contributed by atoms with Crippen LogP contribution in [0.4, 0.5) is 8.78 Å². The van der Waals surface area contributed by atoms with Crippen LogP contribution in [0.15, 0.2) is 0 Å². The molecule has 0 bridgehead atoms. The van der Waals surface area contributed by atoms with Gasteiger partial charge in [0.05, 0.1) is 6.61 Å². The van der Waals surface area contributed by atoms with Gasteiger partial charge < -0.3 is 10.1 Å². The number of carbonyl (C=O) groups is 1. The highest BCUT2D eigenvalue weighted by Crippen LogP contribution is 1.93. The summed E-state index contributed by atoms with van der Waals surface area (Å²) in [5.41, 5.74) is 0. The minimum atomic E-state index is -2.48. The Balaban J connectivity index is 3.17. The number of rotatable bonds is 7. The first-order valence-electron chi connectivity index (χ1n) is 3.85. The molecule has 0 fully saturated rings. The van der Waals surface area contributed by atoms with Crippen LogP contribution in [0, 0.1) is 0 Å². The number of carbonyl (C=O) groups excluding carboxylic acids is 1. The van der Waals surface area contributed by atoms with Crippen LogP contribution in [0.5, 0.6) is 0 Å². The highest BCUT2D eigenvalue weighted by atomic mass is 35.5. The first-order valence-corrected chi connectivity index (χ1v) is 4.39. The van der Waals surface area contributed by atoms with E-state index >= 15 is 0 Å². The maximum atomic E-state index is 11.5. The van der Waals surface area contributed by atoms with Gasteiger partial charge in [0.1, 0.15) is 6.61 Å². The Hall–Kier alpha value is -0.420. The van der Waals surface area contributed by atoms with Gasteiger partial charge >= 0.3 is 0 Å². The molecule has 1 N–H and O–H groups in total. The van der Waals surface area contributed by atoms with Gasteiger partial charge in [-0.2, -0.15) is 0 Å². The van der Waals surface area contributed by atoms with Gasteiger partial charge in [-0.15, -0.1) is 11.6 Å². The topological polar surface area (TPSA) is 38.3 Å². The third kappa shape index (κ3) is 9.49. The molecule has 6 heteroatoms. The Labute approximate surface area is 80.4 Å². The summed E-state index contributed by atoms with van der Waals surface area (Å²) < 4.78 is 27.5. The average Bonchev–Trinajstić information content (AvgIpc) is 2.08. The molecule has 0 aromatic carbocycles. The predicted molar refractivity (Wildman–Crippen MR) is 45.2 cm³/mol. The first kappa shape index (κ1) is 12.6. The van der Waals surface area contributed by atoms with Crippen molar-refractivity contribution in [2.24, 2.45) is 0 Å². The fourth-order valence-electron chi connectivity index (χ4n) is 0.612. The molecular weight excluding hydrogens is 204 g/mol. The third-order valence-electron chi connectivity index (χ3n) is 1.13. The number of amides is 1. The molecule has 0 aliphatic rings. The van der Waals surface area contributed by atoms with Crippen molar-refractivity contribution in [3.63, 3.8) is 0 Å². The lowest BCUT2D eigenvalue weighted by Crippen LogP contribution is -2.26. The molecule has 1 amide bonds. The van der Waals surface area contributed by atoms with E-state index < -0.39 is 13.0 Å². The van der Waals surface area contributed by atoms with Gasteiger partial charge in [-0.1, -0.05) is 0 Å². The summed E-state index contributed by atoms with van der Waals surface area (Å²) in [5, 5.41) is 2.48. The molecule has 13 heavy (non-hydrogen) atoms. The summed E-state index contributed by atoms with van der Waals surface area (Å²) in [4.78, 5) is 10.8. The number of ether oxygens (including phenoxy) is 1. The zero-order chi connectivity index (χ0) is 10.1. The zero-order valence-electron chi connectivity index (χ0n) is 7.06. The quantitative estimate of drug-likeness (QED) is 0.509. The summed E-state index contributed by atoms with van der Waals surface area (Å²) in [6, 6.07) is 0. The van der Waals surface area contributed by atoms with E-state index in [4.69, 9.17) is 11.6 Å². The van der Waals surface area contributed by atoms with E-state index in [-0.39, 0.29) is 18.9 Å². The van der Waals surface area contributed by atoms with E-state index in [0.717, 1.165) is 0 Å². The lowest BCUT2D eigenvalue weighted by Gasteiger charge is -2.03. The summed E-state index contributed by atoms with van der Waals surface area (Å²) in [5.74, 6) is 0.0961. The molecular formula is C7H12ClF2NO2. The number of alkyl halides is 3. The van der Waals surface area contributed by atoms with Crippen LogP contribution in [0.2, 0.25) is 0 Å². The molecule has 0 aromatic heterocycles. The van der Waals surface area contributed by atoms with Crippen LogP contribution in [0.3, 0.4) is 0 Å². The molecule has 0 heterocycles. The van der Waals surface area contributed by atoms with Crippen molar-refractivity contribution in [2.45, 2.75) is 12.8 Å². The van der Waals surface area contributed by atoms with Crippen molar-refractivity contribution in [2.75, 3.05) is 25.6 Å². The van der Waals surface area contributed by atoms with E-state index in [0.29, 0.717) is 12.4 Å². The lowest BCUT2D eigenvalue weighted by molar-refractivity contribution is -0.122. The molecule has 0 aliphatic carbocycles. The minimum Gasteiger partial charge on any atom is -0.375 e. The van der Waals surface area contributed by atoms with E-state index in [2.05, 4.69) is 10.1 Å². The van der Waals surface area contributed by atoms with E-state index in [1.54, 1.807) is 0 Å². The SMILES string of the molecule is O=C(CCOCC(F)F)NCCCl. The number of nitrogens with one attached hydrogen (secondary N) is 1. The van der Waals surface area contributed by atoms with Gasteiger partial charge in [0.15, 0.2) is 0 Å². The summed E-state index contributed by atoms with van der Waals surface area (Å²) in [6.07, 6.45) is -2.39. The van der Waals surface area contributed by atoms with Gasteiger partial charge in [0.2, 0.25) is 5.91 Å². The van der Waals surface area contributed by atoms with Crippen LogP contribution in [-0.2, 0) is 9.53 Å². The van der Waals surface area contributed by atoms with E-state index in [9.17, 15) is 13.6 Å². The maximum absolute atomic E-state index is 11.5. The van der Waals surface area contributed by atoms with Crippen LogP contribution in [0.25, 0.3) is 0 Å². The molecule has 0 atom stereocenters. The standard InChI is InChI=1S/C7H12ClF2NO2/c8-2-3-11-7(12)1-4-13-5-6(9)10/h6H,1-5H2,(H,11,12). The van der Waals surface area contributed by atoms with Crippen molar-refractivity contribution in [1.29, 1.82) is 0 Å². The van der Waals surface area contributed by atoms with Gasteiger partial charge in [-0.25, -0.2) is 8.78 Å². The van der Waals surface area contributed by atoms with Gasteiger partial charge in [0.25, 0.3) is 6.43 Å². The summed E-state index contributed by atoms with van der Waals surface area (Å²) in [6.45, 7) is -0.226. The first-order chi connectivity index (χ1) is 6.16. The largest absolute Gasteiger partial charge is 0.375 e. The van der Waals surface area contributed by atoms with Crippen LogP contribution < -0.4 is 5.32 Å². The predicted octanol–water partition coefficient (Wildman–Crippen LogP) is 1.01. The maximum Gasteiger partial charge on any atom is 0.261 e. The number of hydrogen-bond donors (Lipinski definition) is 1. The van der Waals surface area contributed by atoms with Gasteiger partial charge in [-0.3, -0.25) is 4.79 Å². The van der Waals surface area contributed by atoms with Crippen molar-refractivity contribution in [3.05, 3.63) is 0 Å². The summed E-state index contributed by atoms with van der Waals surface area (Å²) >= 11 is 5.30. The second-order valence-electron chi connectivity index (χ2n) is 2.25. The van der Waals surface area contributed by atoms with E-state index in [1.165, 1.54) is 0 Å². The average molecular weight is 216 g/mol. The molecule has 3 nitrogen and oxygen atoms in total. The monoisotopic (exact) mass is 215 g/mol. The van der Waals surface area contributed by atoms with Crippen molar-refractivity contribution < 1.29 is 18.3 Å².